The van der Waals surface area contributed by atoms with E-state index in [0.29, 0.717) is 6.01 Å². The zero-order chi connectivity index (χ0) is 13.4. The van der Waals surface area contributed by atoms with Crippen molar-refractivity contribution < 1.29 is 4.42 Å². The zero-order valence-corrected chi connectivity index (χ0v) is 12.0. The fraction of sp³-hybridized carbons (Fsp3) is 0.267. The van der Waals surface area contributed by atoms with Gasteiger partial charge in [0.1, 0.15) is 5.52 Å². The summed E-state index contributed by atoms with van der Waals surface area (Å²) >= 11 is 1.82. The van der Waals surface area contributed by atoms with Crippen LogP contribution < -0.4 is 5.32 Å². The van der Waals surface area contributed by atoms with Crippen LogP contribution in [-0.2, 0) is 0 Å². The lowest BCUT2D eigenvalue weighted by atomic mass is 10.1. The smallest absolute Gasteiger partial charge is 0.296 e. The minimum atomic E-state index is 0.193. The van der Waals surface area contributed by atoms with Crippen LogP contribution in [-0.4, -0.2) is 4.98 Å². The third-order valence-corrected chi connectivity index (χ3v) is 4.16. The zero-order valence-electron chi connectivity index (χ0n) is 11.2. The van der Waals surface area contributed by atoms with Crippen LogP contribution in [0, 0.1) is 13.8 Å². The molecule has 0 saturated heterocycles. The topological polar surface area (TPSA) is 38.1 Å². The van der Waals surface area contributed by atoms with Gasteiger partial charge >= 0.3 is 0 Å². The summed E-state index contributed by atoms with van der Waals surface area (Å²) in [5, 5.41) is 3.33. The summed E-state index contributed by atoms with van der Waals surface area (Å²) in [7, 11) is 0. The van der Waals surface area contributed by atoms with Gasteiger partial charge in [0.15, 0.2) is 5.58 Å². The molecule has 1 aromatic carbocycles. The summed E-state index contributed by atoms with van der Waals surface area (Å²) in [5.41, 5.74) is 3.01. The molecule has 1 N–H and O–H groups in total. The normalized spacial score (nSPS) is 12.8. The lowest BCUT2D eigenvalue weighted by molar-refractivity contribution is 0.604. The summed E-state index contributed by atoms with van der Waals surface area (Å²) in [5.74, 6) is 0. The molecule has 0 spiro atoms. The van der Waals surface area contributed by atoms with Crippen LogP contribution in [0.5, 0.6) is 0 Å². The standard InChI is InChI=1S/C15H16N2OS/c1-9-8-12(11(3)19-9)10(2)16-15-17-13-6-4-5-7-14(13)18-15/h4-8,10H,1-3H3,(H,16,17)/t10-/m1/s1. The van der Waals surface area contributed by atoms with E-state index in [0.717, 1.165) is 11.1 Å². The molecule has 19 heavy (non-hydrogen) atoms. The van der Waals surface area contributed by atoms with Gasteiger partial charge in [0.05, 0.1) is 6.04 Å². The van der Waals surface area contributed by atoms with E-state index in [1.807, 2.05) is 35.6 Å². The highest BCUT2D eigenvalue weighted by atomic mass is 32.1. The molecule has 3 aromatic rings. The van der Waals surface area contributed by atoms with Gasteiger partial charge in [-0.25, -0.2) is 0 Å². The lowest BCUT2D eigenvalue weighted by Crippen LogP contribution is -2.06. The third kappa shape index (κ3) is 2.36. The quantitative estimate of drug-likeness (QED) is 0.752. The average molecular weight is 272 g/mol. The van der Waals surface area contributed by atoms with Crippen molar-refractivity contribution in [2.24, 2.45) is 0 Å². The van der Waals surface area contributed by atoms with Gasteiger partial charge in [-0.3, -0.25) is 0 Å². The molecule has 0 unspecified atom stereocenters. The number of benzene rings is 1. The molecule has 0 bridgehead atoms. The van der Waals surface area contributed by atoms with E-state index in [1.54, 1.807) is 0 Å². The van der Waals surface area contributed by atoms with Crippen molar-refractivity contribution in [1.29, 1.82) is 0 Å². The number of oxazole rings is 1. The van der Waals surface area contributed by atoms with Gasteiger partial charge in [-0.2, -0.15) is 4.98 Å². The van der Waals surface area contributed by atoms with E-state index in [4.69, 9.17) is 4.42 Å². The molecule has 3 nitrogen and oxygen atoms in total. The van der Waals surface area contributed by atoms with E-state index in [-0.39, 0.29) is 6.04 Å². The molecule has 1 atom stereocenters. The number of nitrogens with one attached hydrogen (secondary N) is 1. The van der Waals surface area contributed by atoms with E-state index in [1.165, 1.54) is 15.3 Å². The van der Waals surface area contributed by atoms with Crippen LogP contribution in [0.4, 0.5) is 6.01 Å². The number of nitrogens with zero attached hydrogens (tertiary/aromatic N) is 1. The first-order valence-corrected chi connectivity index (χ1v) is 7.14. The van der Waals surface area contributed by atoms with Gasteiger partial charge < -0.3 is 9.73 Å². The van der Waals surface area contributed by atoms with Crippen molar-refractivity contribution in [1.82, 2.24) is 4.98 Å². The van der Waals surface area contributed by atoms with Crippen molar-refractivity contribution in [3.05, 3.63) is 45.6 Å². The van der Waals surface area contributed by atoms with Gasteiger partial charge in [-0.05, 0) is 44.5 Å². The van der Waals surface area contributed by atoms with Crippen LogP contribution in [0.15, 0.2) is 34.7 Å². The van der Waals surface area contributed by atoms with Crippen LogP contribution in [0.3, 0.4) is 0 Å². The predicted molar refractivity (Wildman–Crippen MR) is 79.8 cm³/mol. The molecular formula is C15H16N2OS. The Morgan fingerprint density at radius 2 is 2.05 bits per heavy atom. The highest BCUT2D eigenvalue weighted by Crippen LogP contribution is 2.29. The van der Waals surface area contributed by atoms with Crippen LogP contribution in [0.2, 0.25) is 0 Å². The monoisotopic (exact) mass is 272 g/mol. The van der Waals surface area contributed by atoms with Gasteiger partial charge in [0.2, 0.25) is 0 Å². The number of aromatic nitrogens is 1. The minimum absolute atomic E-state index is 0.193. The van der Waals surface area contributed by atoms with Gasteiger partial charge in [0, 0.05) is 9.75 Å². The van der Waals surface area contributed by atoms with Gasteiger partial charge in [0.25, 0.3) is 6.01 Å². The summed E-state index contributed by atoms with van der Waals surface area (Å²) < 4.78 is 5.69. The Labute approximate surface area is 116 Å². The number of anilines is 1. The van der Waals surface area contributed by atoms with E-state index in [9.17, 15) is 0 Å². The van der Waals surface area contributed by atoms with Crippen LogP contribution in [0.1, 0.15) is 28.3 Å². The summed E-state index contributed by atoms with van der Waals surface area (Å²) in [4.78, 5) is 7.11. The fourth-order valence-electron chi connectivity index (χ4n) is 2.28. The van der Waals surface area contributed by atoms with Crippen molar-refractivity contribution in [3.63, 3.8) is 0 Å². The van der Waals surface area contributed by atoms with Crippen molar-refractivity contribution >= 4 is 28.5 Å². The van der Waals surface area contributed by atoms with E-state index in [2.05, 4.69) is 37.1 Å². The molecule has 98 valence electrons. The molecule has 0 fully saturated rings. The second-order valence-electron chi connectivity index (χ2n) is 4.72. The van der Waals surface area contributed by atoms with Gasteiger partial charge in [-0.1, -0.05) is 12.1 Å². The average Bonchev–Trinajstić information content (AvgIpc) is 2.91. The molecule has 4 heteroatoms. The molecule has 3 rings (SSSR count). The molecular weight excluding hydrogens is 256 g/mol. The van der Waals surface area contributed by atoms with Crippen LogP contribution in [0.25, 0.3) is 11.1 Å². The lowest BCUT2D eigenvalue weighted by Gasteiger charge is -2.11. The number of hydrogen-bond donors (Lipinski definition) is 1. The van der Waals surface area contributed by atoms with Crippen molar-refractivity contribution in [2.45, 2.75) is 26.8 Å². The summed E-state index contributed by atoms with van der Waals surface area (Å²) in [6, 6.07) is 10.8. The number of thiophene rings is 1. The second-order valence-corrected chi connectivity index (χ2v) is 6.18. The largest absolute Gasteiger partial charge is 0.424 e. The Morgan fingerprint density at radius 1 is 1.26 bits per heavy atom. The summed E-state index contributed by atoms with van der Waals surface area (Å²) in [6.45, 7) is 6.41. The molecule has 2 aromatic heterocycles. The second kappa shape index (κ2) is 4.70. The number of fused-ring (bicyclic) bond motifs is 1. The maximum atomic E-state index is 5.69. The Morgan fingerprint density at radius 3 is 2.74 bits per heavy atom. The molecule has 0 aliphatic rings. The molecule has 0 amide bonds. The summed E-state index contributed by atoms with van der Waals surface area (Å²) in [6.07, 6.45) is 0. The highest BCUT2D eigenvalue weighted by Gasteiger charge is 2.13. The Balaban J connectivity index is 1.86. The highest BCUT2D eigenvalue weighted by molar-refractivity contribution is 7.12. The Hall–Kier alpha value is -1.81. The molecule has 0 aliphatic carbocycles. The molecule has 2 heterocycles. The fourth-order valence-corrected chi connectivity index (χ4v) is 3.30. The molecule has 0 saturated carbocycles. The minimum Gasteiger partial charge on any atom is -0.424 e. The Kier molecular flexibility index (Phi) is 3.03. The molecule has 0 radical (unpaired) electrons. The number of rotatable bonds is 3. The molecule has 0 aliphatic heterocycles. The number of aryl methyl sites for hydroxylation is 2. The van der Waals surface area contributed by atoms with Crippen molar-refractivity contribution in [3.8, 4) is 0 Å². The number of hydrogen-bond acceptors (Lipinski definition) is 4. The third-order valence-electron chi connectivity index (χ3n) is 3.18. The number of para-hydroxylation sites is 2. The SMILES string of the molecule is Cc1cc([C@@H](C)Nc2nc3ccccc3o2)c(C)s1. The first kappa shape index (κ1) is 12.2. The maximum absolute atomic E-state index is 5.69. The van der Waals surface area contributed by atoms with Crippen molar-refractivity contribution in [2.75, 3.05) is 5.32 Å². The first-order chi connectivity index (χ1) is 9.13. The predicted octanol–water partition coefficient (Wildman–Crippen LogP) is 4.68. The van der Waals surface area contributed by atoms with Gasteiger partial charge in [-0.15, -0.1) is 11.3 Å². The van der Waals surface area contributed by atoms with E-state index >= 15 is 0 Å². The van der Waals surface area contributed by atoms with E-state index < -0.39 is 0 Å². The Bertz CT molecular complexity index is 681. The van der Waals surface area contributed by atoms with Crippen LogP contribution >= 0.6 is 11.3 Å². The first-order valence-electron chi connectivity index (χ1n) is 6.32. The maximum Gasteiger partial charge on any atom is 0.296 e.